The molecule has 3 aliphatic rings. The van der Waals surface area contributed by atoms with E-state index in [1.54, 1.807) is 6.07 Å². The van der Waals surface area contributed by atoms with Gasteiger partial charge in [-0.15, -0.1) is 0 Å². The molecule has 2 atom stereocenters. The number of benzene rings is 2. The van der Waals surface area contributed by atoms with Gasteiger partial charge in [-0.25, -0.2) is 0 Å². The van der Waals surface area contributed by atoms with E-state index in [0.717, 1.165) is 48.6 Å². The number of pyridine rings is 1. The zero-order chi connectivity index (χ0) is 22.5. The van der Waals surface area contributed by atoms with Crippen LogP contribution < -0.4 is 10.5 Å². The first-order chi connectivity index (χ1) is 16.1. The van der Waals surface area contributed by atoms with Gasteiger partial charge in [-0.3, -0.25) is 19.4 Å². The number of anilines is 1. The first kappa shape index (κ1) is 20.5. The highest BCUT2D eigenvalue weighted by Crippen LogP contribution is 2.41. The second-order valence-electron chi connectivity index (χ2n) is 9.24. The molecule has 0 radical (unpaired) electrons. The van der Waals surface area contributed by atoms with Gasteiger partial charge in [0.25, 0.3) is 11.5 Å². The van der Waals surface area contributed by atoms with Crippen molar-refractivity contribution in [3.05, 3.63) is 98.9 Å². The normalized spacial score (nSPS) is 23.0. The van der Waals surface area contributed by atoms with Crippen LogP contribution in [0.5, 0.6) is 0 Å². The number of carbonyl (C=O) groups excluding carboxylic acids is 1. The molecule has 5 nitrogen and oxygen atoms in total. The van der Waals surface area contributed by atoms with Crippen LogP contribution in [0.25, 0.3) is 11.6 Å². The summed E-state index contributed by atoms with van der Waals surface area (Å²) in [5, 5.41) is 0.622. The number of fused-ring (bicyclic) bond motifs is 5. The van der Waals surface area contributed by atoms with Crippen molar-refractivity contribution in [3.8, 4) is 0 Å². The van der Waals surface area contributed by atoms with Gasteiger partial charge in [0.05, 0.1) is 12.4 Å². The number of amides is 1. The highest BCUT2D eigenvalue weighted by molar-refractivity contribution is 6.37. The fourth-order valence-electron chi connectivity index (χ4n) is 5.63. The molecule has 3 aromatic rings. The van der Waals surface area contributed by atoms with E-state index >= 15 is 0 Å². The molecule has 6 heteroatoms. The number of rotatable bonds is 3. The number of piperidine rings is 1. The average Bonchev–Trinajstić information content (AvgIpc) is 3.06. The number of hydrogen-bond acceptors (Lipinski definition) is 3. The summed E-state index contributed by atoms with van der Waals surface area (Å²) in [7, 11) is 0. The van der Waals surface area contributed by atoms with Crippen LogP contribution in [0.15, 0.2) is 71.5 Å². The van der Waals surface area contributed by atoms with Crippen molar-refractivity contribution >= 4 is 34.8 Å². The first-order valence-corrected chi connectivity index (χ1v) is 11.8. The van der Waals surface area contributed by atoms with E-state index in [-0.39, 0.29) is 11.5 Å². The van der Waals surface area contributed by atoms with Crippen molar-refractivity contribution in [2.24, 2.45) is 5.92 Å². The zero-order valence-corrected chi connectivity index (χ0v) is 18.9. The van der Waals surface area contributed by atoms with Crippen LogP contribution in [0.3, 0.4) is 0 Å². The summed E-state index contributed by atoms with van der Waals surface area (Å²) < 4.78 is 1.94. The summed E-state index contributed by atoms with van der Waals surface area (Å²) in [6.45, 7) is 2.96. The van der Waals surface area contributed by atoms with Gasteiger partial charge in [-0.05, 0) is 42.2 Å². The molecule has 0 N–H and O–H groups in total. The molecule has 6 rings (SSSR count). The molecule has 2 bridgehead atoms. The Morgan fingerprint density at radius 3 is 2.64 bits per heavy atom. The van der Waals surface area contributed by atoms with Gasteiger partial charge in [0.15, 0.2) is 0 Å². The van der Waals surface area contributed by atoms with E-state index in [9.17, 15) is 9.59 Å². The summed E-state index contributed by atoms with van der Waals surface area (Å²) in [5.41, 5.74) is 4.68. The molecule has 1 fully saturated rings. The maximum absolute atomic E-state index is 13.6. The van der Waals surface area contributed by atoms with Gasteiger partial charge >= 0.3 is 0 Å². The molecule has 3 aliphatic heterocycles. The van der Waals surface area contributed by atoms with Gasteiger partial charge in [0.2, 0.25) is 0 Å². The minimum absolute atomic E-state index is 0.00322. The molecule has 0 aliphatic carbocycles. The molecule has 1 aromatic heterocycles. The van der Waals surface area contributed by atoms with E-state index < -0.39 is 0 Å². The predicted molar refractivity (Wildman–Crippen MR) is 131 cm³/mol. The Balaban J connectivity index is 1.31. The summed E-state index contributed by atoms with van der Waals surface area (Å²) >= 11 is 6.33. The Labute approximate surface area is 197 Å². The van der Waals surface area contributed by atoms with Gasteiger partial charge in [-0.2, -0.15) is 0 Å². The Kier molecular flexibility index (Phi) is 4.97. The molecule has 0 saturated carbocycles. The maximum Gasteiger partial charge on any atom is 0.260 e. The lowest BCUT2D eigenvalue weighted by Crippen LogP contribution is -2.50. The van der Waals surface area contributed by atoms with Crippen LogP contribution in [0.4, 0.5) is 5.69 Å². The first-order valence-electron chi connectivity index (χ1n) is 11.4. The van der Waals surface area contributed by atoms with Crippen LogP contribution in [0.1, 0.15) is 29.2 Å². The van der Waals surface area contributed by atoms with Crippen LogP contribution in [-0.2, 0) is 11.3 Å². The summed E-state index contributed by atoms with van der Waals surface area (Å²) in [4.78, 5) is 30.1. The summed E-state index contributed by atoms with van der Waals surface area (Å²) in [6, 6.07) is 21.2. The third-order valence-electron chi connectivity index (χ3n) is 7.02. The highest BCUT2D eigenvalue weighted by Gasteiger charge is 2.38. The predicted octanol–water partition coefficient (Wildman–Crippen LogP) is 4.47. The second-order valence-corrected chi connectivity index (χ2v) is 9.68. The molecule has 33 heavy (non-hydrogen) atoms. The zero-order valence-electron chi connectivity index (χ0n) is 18.2. The average molecular weight is 458 g/mol. The Bertz CT molecular complexity index is 1330. The Hall–Kier alpha value is -3.15. The number of aromatic nitrogens is 1. The van der Waals surface area contributed by atoms with E-state index in [4.69, 9.17) is 11.6 Å². The van der Waals surface area contributed by atoms with Crippen molar-refractivity contribution in [2.45, 2.75) is 18.9 Å². The maximum atomic E-state index is 13.6. The fraction of sp³-hybridized carbons (Fsp3) is 0.259. The largest absolute Gasteiger partial charge is 0.312 e. The minimum Gasteiger partial charge on any atom is -0.312 e. The van der Waals surface area contributed by atoms with Crippen molar-refractivity contribution in [2.75, 3.05) is 24.7 Å². The molecule has 1 saturated heterocycles. The number of carbonyl (C=O) groups is 1. The van der Waals surface area contributed by atoms with Crippen molar-refractivity contribution in [1.29, 1.82) is 0 Å². The number of nitrogens with zero attached hydrogens (tertiary/aromatic N) is 3. The van der Waals surface area contributed by atoms with E-state index in [1.165, 1.54) is 0 Å². The van der Waals surface area contributed by atoms with E-state index in [2.05, 4.69) is 11.0 Å². The lowest BCUT2D eigenvalue weighted by atomic mass is 9.83. The van der Waals surface area contributed by atoms with Crippen molar-refractivity contribution < 1.29 is 4.79 Å². The summed E-state index contributed by atoms with van der Waals surface area (Å²) in [6.07, 6.45) is 3.05. The number of halogens is 1. The monoisotopic (exact) mass is 457 g/mol. The van der Waals surface area contributed by atoms with Gasteiger partial charge in [0, 0.05) is 53.5 Å². The van der Waals surface area contributed by atoms with Gasteiger partial charge < -0.3 is 4.57 Å². The molecular weight excluding hydrogens is 434 g/mol. The fourth-order valence-corrected chi connectivity index (χ4v) is 5.80. The van der Waals surface area contributed by atoms with E-state index in [0.29, 0.717) is 29.1 Å². The standard InChI is InChI=1S/C27H24ClN3O2/c28-21-9-10-22-23(12-18-5-2-1-3-6-18)27(33)31(25(22)13-21)17-29-14-19-11-20(16-29)24-7-4-8-26(32)30(24)15-19/h1-10,12-13,19-20H,11,14-17H2/b23-12-/t19-,20?/m1/s1. The molecule has 1 unspecified atom stereocenters. The van der Waals surface area contributed by atoms with Crippen LogP contribution in [0, 0.1) is 5.92 Å². The lowest BCUT2D eigenvalue weighted by Gasteiger charge is -2.43. The quantitative estimate of drug-likeness (QED) is 0.545. The molecule has 0 spiro atoms. The highest BCUT2D eigenvalue weighted by atomic mass is 35.5. The van der Waals surface area contributed by atoms with E-state index in [1.807, 2.05) is 70.1 Å². The SMILES string of the molecule is O=C1/C(=C\c2ccccc2)c2ccc(Cl)cc2N1CN1CC2C[C@H](C1)Cn1c2cccc1=O. The minimum atomic E-state index is 0.00322. The Morgan fingerprint density at radius 1 is 0.939 bits per heavy atom. The van der Waals surface area contributed by atoms with Gasteiger partial charge in [-0.1, -0.05) is 54.1 Å². The van der Waals surface area contributed by atoms with Crippen molar-refractivity contribution in [3.63, 3.8) is 0 Å². The second kappa shape index (κ2) is 8.01. The van der Waals surface area contributed by atoms with Crippen LogP contribution in [-0.4, -0.2) is 35.1 Å². The van der Waals surface area contributed by atoms with Crippen LogP contribution in [0.2, 0.25) is 5.02 Å². The van der Waals surface area contributed by atoms with Crippen LogP contribution >= 0.6 is 11.6 Å². The topological polar surface area (TPSA) is 45.6 Å². The number of hydrogen-bond donors (Lipinski definition) is 0. The third kappa shape index (κ3) is 3.62. The molecule has 4 heterocycles. The smallest absolute Gasteiger partial charge is 0.260 e. The molecular formula is C27H24ClN3O2. The van der Waals surface area contributed by atoms with Gasteiger partial charge in [0.1, 0.15) is 0 Å². The van der Waals surface area contributed by atoms with Crippen molar-refractivity contribution in [1.82, 2.24) is 9.47 Å². The summed E-state index contributed by atoms with van der Waals surface area (Å²) in [5.74, 6) is 0.720. The molecule has 166 valence electrons. The lowest BCUT2D eigenvalue weighted by molar-refractivity contribution is -0.113. The molecule has 1 amide bonds. The molecule has 2 aromatic carbocycles. The third-order valence-corrected chi connectivity index (χ3v) is 7.26. The number of likely N-dealkylation sites (tertiary alicyclic amines) is 1. The Morgan fingerprint density at radius 2 is 1.79 bits per heavy atom.